The van der Waals surface area contributed by atoms with Crippen molar-refractivity contribution in [1.29, 1.82) is 0 Å². The van der Waals surface area contributed by atoms with E-state index < -0.39 is 5.91 Å². The van der Waals surface area contributed by atoms with Crippen molar-refractivity contribution < 1.29 is 24.2 Å². The van der Waals surface area contributed by atoms with Crippen LogP contribution in [-0.2, 0) is 20.9 Å². The van der Waals surface area contributed by atoms with E-state index in [9.17, 15) is 9.90 Å². The SMILES string of the molecule is CCn1c(O)c(C2=c3cc(Br)cc(OC)c3=NC2=O)sc1=S.O=C=O. The van der Waals surface area contributed by atoms with Crippen LogP contribution in [0.1, 0.15) is 11.8 Å². The van der Waals surface area contributed by atoms with E-state index in [4.69, 9.17) is 26.5 Å². The molecule has 0 spiro atoms. The van der Waals surface area contributed by atoms with Crippen molar-refractivity contribution in [2.24, 2.45) is 4.99 Å². The van der Waals surface area contributed by atoms with Crippen molar-refractivity contribution in [1.82, 2.24) is 4.57 Å². The number of rotatable bonds is 3. The molecule has 1 aromatic carbocycles. The molecule has 25 heavy (non-hydrogen) atoms. The predicted molar refractivity (Wildman–Crippen MR) is 94.5 cm³/mol. The summed E-state index contributed by atoms with van der Waals surface area (Å²) in [6.45, 7) is 2.42. The van der Waals surface area contributed by atoms with Crippen LogP contribution in [0.2, 0.25) is 0 Å². The molecule has 0 unspecified atom stereocenters. The van der Waals surface area contributed by atoms with E-state index in [1.807, 2.05) is 6.92 Å². The molecule has 1 aliphatic heterocycles. The normalized spacial score (nSPS) is 12.0. The second kappa shape index (κ2) is 7.83. The highest BCUT2D eigenvalue weighted by Gasteiger charge is 2.26. The molecule has 1 aliphatic rings. The fourth-order valence-corrected chi connectivity index (χ4v) is 4.27. The lowest BCUT2D eigenvalue weighted by atomic mass is 10.1. The first-order valence-electron chi connectivity index (χ1n) is 6.82. The maximum Gasteiger partial charge on any atom is 0.373 e. The second-order valence-electron chi connectivity index (χ2n) is 4.64. The number of hydrogen-bond acceptors (Lipinski definition) is 7. The molecule has 1 N–H and O–H groups in total. The van der Waals surface area contributed by atoms with Gasteiger partial charge in [-0.1, -0.05) is 15.9 Å². The highest BCUT2D eigenvalue weighted by Crippen LogP contribution is 2.32. The minimum atomic E-state index is -0.402. The number of nitrogens with zero attached hydrogens (tertiary/aromatic N) is 2. The molecule has 0 bridgehead atoms. The maximum atomic E-state index is 12.3. The molecule has 10 heteroatoms. The lowest BCUT2D eigenvalue weighted by Crippen LogP contribution is -2.25. The van der Waals surface area contributed by atoms with Crippen molar-refractivity contribution in [3.05, 3.63) is 36.0 Å². The van der Waals surface area contributed by atoms with Crippen LogP contribution in [0.15, 0.2) is 21.6 Å². The number of aromatic hydroxyl groups is 1. The van der Waals surface area contributed by atoms with Crippen molar-refractivity contribution in [3.8, 4) is 11.6 Å². The largest absolute Gasteiger partial charge is 0.494 e. The van der Waals surface area contributed by atoms with Gasteiger partial charge in [0.1, 0.15) is 16.0 Å². The highest BCUT2D eigenvalue weighted by atomic mass is 79.9. The van der Waals surface area contributed by atoms with Crippen LogP contribution in [0.5, 0.6) is 11.6 Å². The van der Waals surface area contributed by atoms with Gasteiger partial charge < -0.3 is 9.84 Å². The van der Waals surface area contributed by atoms with E-state index in [0.29, 0.717) is 37.3 Å². The number of hydrogen-bond donors (Lipinski definition) is 1. The van der Waals surface area contributed by atoms with E-state index >= 15 is 0 Å². The predicted octanol–water partition coefficient (Wildman–Crippen LogP) is 1.55. The number of carbonyl (C=O) groups excluding carboxylic acids is 3. The lowest BCUT2D eigenvalue weighted by Gasteiger charge is -2.02. The zero-order valence-electron chi connectivity index (χ0n) is 13.0. The summed E-state index contributed by atoms with van der Waals surface area (Å²) in [5.41, 5.74) is 0.357. The summed E-state index contributed by atoms with van der Waals surface area (Å²) in [6.07, 6.45) is 0.250. The molecule has 0 saturated heterocycles. The number of aromatic nitrogens is 1. The molecule has 3 rings (SSSR count). The number of methoxy groups -OCH3 is 1. The number of fused-ring (bicyclic) bond motifs is 1. The monoisotopic (exact) mass is 442 g/mol. The molecule has 0 aliphatic carbocycles. The zero-order chi connectivity index (χ0) is 18.7. The Morgan fingerprint density at radius 2 is 2.08 bits per heavy atom. The number of carbonyl (C=O) groups is 1. The van der Waals surface area contributed by atoms with Gasteiger partial charge in [0.2, 0.25) is 5.88 Å². The van der Waals surface area contributed by atoms with Crippen LogP contribution in [0.3, 0.4) is 0 Å². The van der Waals surface area contributed by atoms with Crippen LogP contribution in [0, 0.1) is 3.95 Å². The van der Waals surface area contributed by atoms with Crippen LogP contribution in [-0.4, -0.2) is 28.8 Å². The molecule has 1 aromatic heterocycles. The standard InChI is InChI=1S/C14H11BrN2O3S2.CO2/c1-3-17-13(19)11(22-14(17)21)9-7-4-6(15)5-8(20-2)10(7)16-12(9)18;2-1-3/h4-5,19H,3H2,1-2H3;. The van der Waals surface area contributed by atoms with Gasteiger partial charge in [0.15, 0.2) is 3.95 Å². The smallest absolute Gasteiger partial charge is 0.373 e. The summed E-state index contributed by atoms with van der Waals surface area (Å²) in [6, 6.07) is 3.54. The fraction of sp³-hybridized carbons (Fsp3) is 0.200. The lowest BCUT2D eigenvalue weighted by molar-refractivity contribution is -0.191. The summed E-state index contributed by atoms with van der Waals surface area (Å²) < 4.78 is 8.15. The van der Waals surface area contributed by atoms with E-state index in [1.54, 1.807) is 16.7 Å². The summed E-state index contributed by atoms with van der Waals surface area (Å²) in [5.74, 6) is 0.106. The quantitative estimate of drug-likeness (QED) is 0.724. The van der Waals surface area contributed by atoms with E-state index in [2.05, 4.69) is 20.9 Å². The Morgan fingerprint density at radius 3 is 2.60 bits per heavy atom. The summed E-state index contributed by atoms with van der Waals surface area (Å²) in [4.78, 5) is 33.1. The van der Waals surface area contributed by atoms with Gasteiger partial charge in [0.05, 0.1) is 12.7 Å². The average Bonchev–Trinajstić information content (AvgIpc) is 3.02. The van der Waals surface area contributed by atoms with Gasteiger partial charge in [0, 0.05) is 16.2 Å². The molecule has 130 valence electrons. The highest BCUT2D eigenvalue weighted by molar-refractivity contribution is 9.10. The topological polar surface area (TPSA) is 98.0 Å². The summed E-state index contributed by atoms with van der Waals surface area (Å²) in [7, 11) is 1.52. The molecular weight excluding hydrogens is 432 g/mol. The minimum Gasteiger partial charge on any atom is -0.494 e. The Balaban J connectivity index is 0.000000701. The third-order valence-electron chi connectivity index (χ3n) is 3.37. The first-order chi connectivity index (χ1) is 11.9. The molecule has 2 aromatic rings. The molecule has 1 amide bonds. The van der Waals surface area contributed by atoms with Crippen molar-refractivity contribution >= 4 is 57.1 Å². The Bertz CT molecular complexity index is 1060. The van der Waals surface area contributed by atoms with E-state index in [0.717, 1.165) is 4.47 Å². The van der Waals surface area contributed by atoms with Crippen molar-refractivity contribution in [3.63, 3.8) is 0 Å². The number of benzene rings is 1. The first kappa shape index (κ1) is 19.2. The van der Waals surface area contributed by atoms with Gasteiger partial charge in [-0.05, 0) is 31.3 Å². The molecule has 2 heterocycles. The Hall–Kier alpha value is -2.13. The maximum absolute atomic E-state index is 12.3. The Labute approximate surface area is 159 Å². The molecule has 0 radical (unpaired) electrons. The Morgan fingerprint density at radius 1 is 1.44 bits per heavy atom. The van der Waals surface area contributed by atoms with Crippen LogP contribution in [0.25, 0.3) is 5.57 Å². The van der Waals surface area contributed by atoms with Crippen molar-refractivity contribution in [2.75, 3.05) is 7.11 Å². The molecule has 7 nitrogen and oxygen atoms in total. The van der Waals surface area contributed by atoms with Crippen LogP contribution in [0.4, 0.5) is 0 Å². The van der Waals surface area contributed by atoms with Crippen molar-refractivity contribution in [2.45, 2.75) is 13.5 Å². The number of amides is 1. The second-order valence-corrected chi connectivity index (χ2v) is 7.20. The Kier molecular flexibility index (Phi) is 6.02. The zero-order valence-corrected chi connectivity index (χ0v) is 16.2. The average molecular weight is 443 g/mol. The van der Waals surface area contributed by atoms with E-state index in [-0.39, 0.29) is 12.0 Å². The third kappa shape index (κ3) is 3.47. The summed E-state index contributed by atoms with van der Waals surface area (Å²) >= 11 is 9.84. The summed E-state index contributed by atoms with van der Waals surface area (Å²) in [5, 5.41) is 11.5. The molecule has 0 saturated carbocycles. The van der Waals surface area contributed by atoms with Gasteiger partial charge >= 0.3 is 6.15 Å². The molecule has 0 fully saturated rings. The van der Waals surface area contributed by atoms with Gasteiger partial charge in [-0.25, -0.2) is 4.99 Å². The molecular formula is C15H11BrN2O5S2. The van der Waals surface area contributed by atoms with Crippen LogP contribution < -0.4 is 15.3 Å². The third-order valence-corrected chi connectivity index (χ3v) is 5.28. The van der Waals surface area contributed by atoms with Gasteiger partial charge in [-0.3, -0.25) is 9.36 Å². The minimum absolute atomic E-state index is 0.00263. The van der Waals surface area contributed by atoms with Gasteiger partial charge in [0.25, 0.3) is 5.91 Å². The number of thiazole rings is 1. The number of ether oxygens (including phenoxy) is 1. The van der Waals surface area contributed by atoms with Gasteiger partial charge in [-0.15, -0.1) is 11.3 Å². The fourth-order valence-electron chi connectivity index (χ4n) is 2.37. The van der Waals surface area contributed by atoms with Gasteiger partial charge in [-0.2, -0.15) is 9.59 Å². The molecule has 0 atom stereocenters. The van der Waals surface area contributed by atoms with E-state index in [1.165, 1.54) is 18.4 Å². The number of halogens is 1. The first-order valence-corrected chi connectivity index (χ1v) is 8.84. The van der Waals surface area contributed by atoms with Crippen LogP contribution >= 0.6 is 39.5 Å².